The Kier molecular flexibility index (Phi) is 6.49. The maximum Gasteiger partial charge on any atom is 0.121 e. The monoisotopic (exact) mass is 431 g/mol. The number of nitrogen functional groups attached to an aromatic ring is 1. The van der Waals surface area contributed by atoms with E-state index in [0.717, 1.165) is 72.8 Å². The molecule has 3 aromatic rings. The molecule has 1 aliphatic heterocycles. The number of anilines is 1. The van der Waals surface area contributed by atoms with Crippen molar-refractivity contribution in [3.63, 3.8) is 0 Å². The number of fused-ring (bicyclic) bond motifs is 1. The van der Waals surface area contributed by atoms with Gasteiger partial charge in [-0.3, -0.25) is 5.41 Å². The normalized spacial score (nSPS) is 15.3. The highest BCUT2D eigenvalue weighted by atomic mass is 16.5. The lowest BCUT2D eigenvalue weighted by Crippen LogP contribution is -2.40. The summed E-state index contributed by atoms with van der Waals surface area (Å²) in [7, 11) is 0. The summed E-state index contributed by atoms with van der Waals surface area (Å²) in [5.74, 6) is 2.61. The van der Waals surface area contributed by atoms with E-state index in [1.807, 2.05) is 31.2 Å². The number of hydrogen-bond donors (Lipinski definition) is 2. The van der Waals surface area contributed by atoms with Crippen molar-refractivity contribution in [2.75, 3.05) is 18.8 Å². The number of rotatable bonds is 6. The van der Waals surface area contributed by atoms with Gasteiger partial charge in [0.1, 0.15) is 17.7 Å². The summed E-state index contributed by atoms with van der Waals surface area (Å²) in [4.78, 5) is 6.96. The first-order valence-electron chi connectivity index (χ1n) is 11.4. The van der Waals surface area contributed by atoms with E-state index >= 15 is 0 Å². The standard InChI is InChI=1S/C26H33N5O/c1-4-26-29-24-9-8-23(32-22-10-12-30(13-11-22)19(3)27)16-25(24)31(26)17-18(2)14-20-6-5-7-21(28)15-20/h5-9,14-16,22,27H,4,10-13,17,28H2,1-3H3/b18-14+,27-19?. The number of benzene rings is 2. The average Bonchev–Trinajstić information content (AvgIpc) is 3.11. The molecule has 0 atom stereocenters. The molecule has 1 saturated heterocycles. The SMILES string of the molecule is CCc1nc2ccc(OC3CCN(C(C)=N)CC3)cc2n1C/C(C)=C/c1cccc(N)c1. The number of aromatic nitrogens is 2. The molecule has 0 aliphatic carbocycles. The molecule has 6 heteroatoms. The second-order valence-electron chi connectivity index (χ2n) is 8.67. The van der Waals surface area contributed by atoms with Crippen molar-refractivity contribution in [3.05, 3.63) is 59.4 Å². The number of hydrogen-bond acceptors (Lipinski definition) is 4. The van der Waals surface area contributed by atoms with Crippen LogP contribution in [0.15, 0.2) is 48.0 Å². The zero-order valence-electron chi connectivity index (χ0n) is 19.3. The molecule has 3 N–H and O–H groups in total. The Morgan fingerprint density at radius 1 is 1.19 bits per heavy atom. The highest BCUT2D eigenvalue weighted by Crippen LogP contribution is 2.26. The number of nitrogens with two attached hydrogens (primary N) is 1. The number of allylic oxidation sites excluding steroid dienone is 1. The molecule has 0 bridgehead atoms. The Morgan fingerprint density at radius 3 is 2.66 bits per heavy atom. The number of amidine groups is 1. The molecule has 1 fully saturated rings. The summed E-state index contributed by atoms with van der Waals surface area (Å²) in [6, 6.07) is 14.2. The molecule has 32 heavy (non-hydrogen) atoms. The first kappa shape index (κ1) is 21.9. The molecule has 168 valence electrons. The molecule has 0 spiro atoms. The Morgan fingerprint density at radius 2 is 1.97 bits per heavy atom. The summed E-state index contributed by atoms with van der Waals surface area (Å²) in [5.41, 5.74) is 11.2. The first-order chi connectivity index (χ1) is 15.4. The Hall–Kier alpha value is -3.28. The third-order valence-electron chi connectivity index (χ3n) is 6.07. The van der Waals surface area contributed by atoms with Crippen LogP contribution in [0.25, 0.3) is 17.1 Å². The first-order valence-corrected chi connectivity index (χ1v) is 11.4. The van der Waals surface area contributed by atoms with Gasteiger partial charge in [0, 0.05) is 50.7 Å². The lowest BCUT2D eigenvalue weighted by atomic mass is 10.1. The lowest BCUT2D eigenvalue weighted by Gasteiger charge is -2.32. The molecule has 2 heterocycles. The molecule has 1 aliphatic rings. The highest BCUT2D eigenvalue weighted by Gasteiger charge is 2.21. The van der Waals surface area contributed by atoms with E-state index in [1.165, 1.54) is 5.57 Å². The smallest absolute Gasteiger partial charge is 0.121 e. The molecule has 4 rings (SSSR count). The Labute approximate surface area is 190 Å². The van der Waals surface area contributed by atoms with Crippen molar-refractivity contribution in [1.29, 1.82) is 5.41 Å². The molecule has 0 unspecified atom stereocenters. The van der Waals surface area contributed by atoms with E-state index in [4.69, 9.17) is 20.9 Å². The van der Waals surface area contributed by atoms with Crippen molar-refractivity contribution in [2.24, 2.45) is 0 Å². The summed E-state index contributed by atoms with van der Waals surface area (Å²) in [6.45, 7) is 8.68. The van der Waals surface area contributed by atoms with Gasteiger partial charge in [-0.05, 0) is 43.7 Å². The maximum absolute atomic E-state index is 7.81. The second-order valence-corrected chi connectivity index (χ2v) is 8.67. The largest absolute Gasteiger partial charge is 0.490 e. The lowest BCUT2D eigenvalue weighted by molar-refractivity contribution is 0.130. The van der Waals surface area contributed by atoms with E-state index in [2.05, 4.69) is 47.6 Å². The highest BCUT2D eigenvalue weighted by molar-refractivity contribution is 5.78. The quantitative estimate of drug-likeness (QED) is 0.322. The molecular weight excluding hydrogens is 398 g/mol. The van der Waals surface area contributed by atoms with E-state index in [-0.39, 0.29) is 6.10 Å². The fraction of sp³-hybridized carbons (Fsp3) is 0.385. The van der Waals surface area contributed by atoms with Crippen LogP contribution in [-0.4, -0.2) is 39.5 Å². The van der Waals surface area contributed by atoms with Crippen LogP contribution in [0.5, 0.6) is 5.75 Å². The van der Waals surface area contributed by atoms with Gasteiger partial charge in [0.05, 0.1) is 16.9 Å². The second kappa shape index (κ2) is 9.47. The van der Waals surface area contributed by atoms with Gasteiger partial charge in [-0.25, -0.2) is 4.98 Å². The van der Waals surface area contributed by atoms with E-state index in [9.17, 15) is 0 Å². The fourth-order valence-electron chi connectivity index (χ4n) is 4.40. The van der Waals surface area contributed by atoms with Crippen LogP contribution < -0.4 is 10.5 Å². The van der Waals surface area contributed by atoms with Gasteiger partial charge in [0.15, 0.2) is 0 Å². The van der Waals surface area contributed by atoms with Crippen LogP contribution in [0.1, 0.15) is 45.0 Å². The van der Waals surface area contributed by atoms with Gasteiger partial charge < -0.3 is 19.9 Å². The number of piperidine rings is 1. The van der Waals surface area contributed by atoms with Crippen molar-refractivity contribution >= 4 is 28.6 Å². The van der Waals surface area contributed by atoms with Crippen LogP contribution in [-0.2, 0) is 13.0 Å². The molecule has 6 nitrogen and oxygen atoms in total. The van der Waals surface area contributed by atoms with Crippen molar-refractivity contribution in [1.82, 2.24) is 14.5 Å². The van der Waals surface area contributed by atoms with Crippen molar-refractivity contribution < 1.29 is 4.74 Å². The van der Waals surface area contributed by atoms with Gasteiger partial charge >= 0.3 is 0 Å². The van der Waals surface area contributed by atoms with Crippen LogP contribution in [0.3, 0.4) is 0 Å². The van der Waals surface area contributed by atoms with Gasteiger partial charge in [-0.15, -0.1) is 0 Å². The van der Waals surface area contributed by atoms with E-state index in [1.54, 1.807) is 0 Å². The number of nitrogens with zero attached hydrogens (tertiary/aromatic N) is 3. The van der Waals surface area contributed by atoms with Crippen LogP contribution in [0.4, 0.5) is 5.69 Å². The minimum atomic E-state index is 0.190. The molecule has 1 aromatic heterocycles. The van der Waals surface area contributed by atoms with E-state index in [0.29, 0.717) is 5.84 Å². The minimum Gasteiger partial charge on any atom is -0.490 e. The van der Waals surface area contributed by atoms with Crippen LogP contribution >= 0.6 is 0 Å². The van der Waals surface area contributed by atoms with Crippen molar-refractivity contribution in [2.45, 2.75) is 52.7 Å². The van der Waals surface area contributed by atoms with Gasteiger partial charge in [0.2, 0.25) is 0 Å². The maximum atomic E-state index is 7.81. The number of ether oxygens (including phenoxy) is 1. The predicted octanol–water partition coefficient (Wildman–Crippen LogP) is 5.12. The third kappa shape index (κ3) is 4.96. The number of nitrogens with one attached hydrogen (secondary N) is 1. The number of aryl methyl sites for hydroxylation is 1. The molecule has 0 saturated carbocycles. The van der Waals surface area contributed by atoms with Gasteiger partial charge in [-0.2, -0.15) is 0 Å². The zero-order valence-corrected chi connectivity index (χ0v) is 19.3. The number of imidazole rings is 1. The van der Waals surface area contributed by atoms with Crippen LogP contribution in [0.2, 0.25) is 0 Å². The topological polar surface area (TPSA) is 80.2 Å². The van der Waals surface area contributed by atoms with Gasteiger partial charge in [0.25, 0.3) is 0 Å². The van der Waals surface area contributed by atoms with Crippen molar-refractivity contribution in [3.8, 4) is 5.75 Å². The summed E-state index contributed by atoms with van der Waals surface area (Å²) in [5, 5.41) is 7.81. The zero-order chi connectivity index (χ0) is 22.7. The third-order valence-corrected chi connectivity index (χ3v) is 6.07. The average molecular weight is 432 g/mol. The molecule has 0 amide bonds. The summed E-state index contributed by atoms with van der Waals surface area (Å²) in [6.07, 6.45) is 5.13. The summed E-state index contributed by atoms with van der Waals surface area (Å²) >= 11 is 0. The predicted molar refractivity (Wildman–Crippen MR) is 132 cm³/mol. The van der Waals surface area contributed by atoms with Gasteiger partial charge in [-0.1, -0.05) is 30.7 Å². The molecule has 0 radical (unpaired) electrons. The Bertz CT molecular complexity index is 1140. The van der Waals surface area contributed by atoms with E-state index < -0.39 is 0 Å². The summed E-state index contributed by atoms with van der Waals surface area (Å²) < 4.78 is 8.63. The number of likely N-dealkylation sites (tertiary alicyclic amines) is 1. The minimum absolute atomic E-state index is 0.190. The fourth-order valence-corrected chi connectivity index (χ4v) is 4.40. The van der Waals surface area contributed by atoms with Crippen LogP contribution in [0, 0.1) is 5.41 Å². The molecular formula is C26H33N5O. The molecule has 2 aromatic carbocycles. The Balaban J connectivity index is 1.55.